The van der Waals surface area contributed by atoms with Crippen LogP contribution in [0.25, 0.3) is 0 Å². The van der Waals surface area contributed by atoms with Crippen molar-refractivity contribution in [2.75, 3.05) is 25.6 Å². The topological polar surface area (TPSA) is 41.6 Å². The molecule has 98 valence electrons. The third-order valence-electron chi connectivity index (χ3n) is 3.07. The van der Waals surface area contributed by atoms with Crippen LogP contribution in [0.3, 0.4) is 0 Å². The molecule has 4 nitrogen and oxygen atoms in total. The number of hydrogen-bond donors (Lipinski definition) is 1. The van der Waals surface area contributed by atoms with Crippen LogP contribution in [-0.4, -0.2) is 32.7 Å². The monoisotopic (exact) mass is 376 g/mol. The van der Waals surface area contributed by atoms with Crippen molar-refractivity contribution < 1.29 is 9.53 Å². The van der Waals surface area contributed by atoms with E-state index in [9.17, 15) is 4.79 Å². The molecule has 0 saturated carbocycles. The molecule has 1 aromatic rings. The van der Waals surface area contributed by atoms with Gasteiger partial charge >= 0.3 is 0 Å². The summed E-state index contributed by atoms with van der Waals surface area (Å²) in [6.07, 6.45) is 0.820. The Balaban J connectivity index is 2.37. The van der Waals surface area contributed by atoms with E-state index in [1.54, 1.807) is 12.0 Å². The number of ether oxygens (including phenoxy) is 1. The minimum absolute atomic E-state index is 0.0912. The van der Waals surface area contributed by atoms with Gasteiger partial charge in [-0.25, -0.2) is 0 Å². The Morgan fingerprint density at radius 2 is 2.11 bits per heavy atom. The van der Waals surface area contributed by atoms with E-state index in [1.165, 1.54) is 0 Å². The maximum absolute atomic E-state index is 12.2. The Labute approximate surface area is 123 Å². The van der Waals surface area contributed by atoms with Gasteiger partial charge in [0, 0.05) is 17.1 Å². The normalized spacial score (nSPS) is 19.4. The van der Waals surface area contributed by atoms with Crippen molar-refractivity contribution in [3.05, 3.63) is 21.1 Å². The number of likely N-dealkylation sites (N-methyl/N-ethyl adjacent to an activating group) is 1. The fourth-order valence-corrected chi connectivity index (χ4v) is 3.44. The van der Waals surface area contributed by atoms with Gasteiger partial charge in [-0.3, -0.25) is 4.79 Å². The Morgan fingerprint density at radius 3 is 2.67 bits per heavy atom. The number of nitrogens with one attached hydrogen (secondary N) is 1. The van der Waals surface area contributed by atoms with Gasteiger partial charge in [0.2, 0.25) is 5.91 Å². The van der Waals surface area contributed by atoms with Gasteiger partial charge in [-0.05, 0) is 51.4 Å². The zero-order chi connectivity index (χ0) is 13.3. The highest BCUT2D eigenvalue weighted by atomic mass is 79.9. The molecule has 1 unspecified atom stereocenters. The van der Waals surface area contributed by atoms with Gasteiger partial charge in [0.05, 0.1) is 23.3 Å². The zero-order valence-corrected chi connectivity index (χ0v) is 13.3. The highest BCUT2D eigenvalue weighted by Crippen LogP contribution is 2.38. The van der Waals surface area contributed by atoms with Crippen LogP contribution in [0, 0.1) is 0 Å². The molecule has 1 aromatic carbocycles. The number of carbonyl (C=O) groups excluding carboxylic acids is 1. The molecule has 1 amide bonds. The van der Waals surface area contributed by atoms with E-state index in [1.807, 2.05) is 19.2 Å². The molecule has 1 aliphatic heterocycles. The number of nitrogens with zero attached hydrogens (tertiary/aromatic N) is 1. The van der Waals surface area contributed by atoms with Crippen LogP contribution in [0.2, 0.25) is 0 Å². The number of rotatable bonds is 3. The van der Waals surface area contributed by atoms with Crippen LogP contribution >= 0.6 is 31.9 Å². The second-order valence-electron chi connectivity index (χ2n) is 4.06. The second kappa shape index (κ2) is 5.59. The smallest absolute Gasteiger partial charge is 0.244 e. The van der Waals surface area contributed by atoms with E-state index in [4.69, 9.17) is 4.74 Å². The first kappa shape index (κ1) is 13.8. The van der Waals surface area contributed by atoms with E-state index in [0.717, 1.165) is 21.1 Å². The van der Waals surface area contributed by atoms with Crippen molar-refractivity contribution in [2.24, 2.45) is 0 Å². The lowest BCUT2D eigenvalue weighted by atomic mass is 10.2. The predicted octanol–water partition coefficient (Wildman–Crippen LogP) is 2.54. The van der Waals surface area contributed by atoms with Crippen LogP contribution in [0.15, 0.2) is 21.1 Å². The van der Waals surface area contributed by atoms with Crippen molar-refractivity contribution in [3.63, 3.8) is 0 Å². The summed E-state index contributed by atoms with van der Waals surface area (Å²) in [5.41, 5.74) is 0.845. The SMILES string of the molecule is CNC1CCN(c2cc(OC)c(Br)cc2Br)C1=O. The van der Waals surface area contributed by atoms with Crippen molar-refractivity contribution in [1.82, 2.24) is 5.32 Å². The summed E-state index contributed by atoms with van der Waals surface area (Å²) in [6.45, 7) is 0.716. The Hall–Kier alpha value is -0.590. The Kier molecular flexibility index (Phi) is 4.29. The van der Waals surface area contributed by atoms with E-state index in [2.05, 4.69) is 37.2 Å². The van der Waals surface area contributed by atoms with Gasteiger partial charge in [-0.1, -0.05) is 0 Å². The predicted molar refractivity (Wildman–Crippen MR) is 78.2 cm³/mol. The molecule has 0 spiro atoms. The lowest BCUT2D eigenvalue weighted by molar-refractivity contribution is -0.118. The summed E-state index contributed by atoms with van der Waals surface area (Å²) in [6, 6.07) is 3.67. The van der Waals surface area contributed by atoms with Gasteiger partial charge in [-0.2, -0.15) is 0 Å². The van der Waals surface area contributed by atoms with Crippen LogP contribution in [0.5, 0.6) is 5.75 Å². The standard InChI is InChI=1S/C12H14Br2N2O2/c1-15-9-3-4-16(12(9)17)10-6-11(18-2)8(14)5-7(10)13/h5-6,9,15H,3-4H2,1-2H3. The summed E-state index contributed by atoms with van der Waals surface area (Å²) < 4.78 is 7.00. The maximum atomic E-state index is 12.2. The first-order chi connectivity index (χ1) is 8.58. The highest BCUT2D eigenvalue weighted by molar-refractivity contribution is 9.11. The van der Waals surface area contributed by atoms with Crippen LogP contribution in [0.4, 0.5) is 5.69 Å². The number of benzene rings is 1. The molecule has 1 atom stereocenters. The van der Waals surface area contributed by atoms with E-state index >= 15 is 0 Å². The number of halogens is 2. The summed E-state index contributed by atoms with van der Waals surface area (Å²) in [5.74, 6) is 0.816. The van der Waals surface area contributed by atoms with E-state index in [0.29, 0.717) is 12.3 Å². The maximum Gasteiger partial charge on any atom is 0.244 e. The van der Waals surface area contributed by atoms with E-state index < -0.39 is 0 Å². The number of amides is 1. The summed E-state index contributed by atoms with van der Waals surface area (Å²) in [7, 11) is 3.42. The molecule has 1 aliphatic rings. The van der Waals surface area contributed by atoms with Crippen molar-refractivity contribution in [2.45, 2.75) is 12.5 Å². The molecule has 1 N–H and O–H groups in total. The average Bonchev–Trinajstić information content (AvgIpc) is 2.71. The Morgan fingerprint density at radius 1 is 1.39 bits per heavy atom. The largest absolute Gasteiger partial charge is 0.495 e. The molecular weight excluding hydrogens is 364 g/mol. The summed E-state index contributed by atoms with van der Waals surface area (Å²) in [5, 5.41) is 3.03. The molecule has 0 radical (unpaired) electrons. The van der Waals surface area contributed by atoms with Gasteiger partial charge in [0.15, 0.2) is 0 Å². The number of hydrogen-bond acceptors (Lipinski definition) is 3. The lowest BCUT2D eigenvalue weighted by Crippen LogP contribution is -2.36. The molecule has 1 saturated heterocycles. The molecule has 0 aliphatic carbocycles. The third-order valence-corrected chi connectivity index (χ3v) is 4.32. The molecule has 0 aromatic heterocycles. The van der Waals surface area contributed by atoms with E-state index in [-0.39, 0.29) is 11.9 Å². The summed E-state index contributed by atoms with van der Waals surface area (Å²) in [4.78, 5) is 13.9. The minimum atomic E-state index is -0.0912. The quantitative estimate of drug-likeness (QED) is 0.880. The van der Waals surface area contributed by atoms with Crippen LogP contribution in [0.1, 0.15) is 6.42 Å². The number of methoxy groups -OCH3 is 1. The summed E-state index contributed by atoms with van der Waals surface area (Å²) >= 11 is 6.91. The zero-order valence-electron chi connectivity index (χ0n) is 10.2. The molecule has 1 fully saturated rings. The average molecular weight is 378 g/mol. The van der Waals surface area contributed by atoms with Crippen molar-refractivity contribution in [3.8, 4) is 5.75 Å². The van der Waals surface area contributed by atoms with Gasteiger partial charge in [-0.15, -0.1) is 0 Å². The molecule has 2 rings (SSSR count). The van der Waals surface area contributed by atoms with Gasteiger partial charge < -0.3 is 15.0 Å². The fraction of sp³-hybridized carbons (Fsp3) is 0.417. The minimum Gasteiger partial charge on any atom is -0.495 e. The first-order valence-corrected chi connectivity index (χ1v) is 7.18. The first-order valence-electron chi connectivity index (χ1n) is 5.60. The molecule has 6 heteroatoms. The molecular formula is C12H14Br2N2O2. The molecule has 0 bridgehead atoms. The van der Waals surface area contributed by atoms with Crippen LogP contribution < -0.4 is 15.0 Å². The van der Waals surface area contributed by atoms with Crippen LogP contribution in [-0.2, 0) is 4.79 Å². The molecule has 18 heavy (non-hydrogen) atoms. The Bertz CT molecular complexity index is 479. The fourth-order valence-electron chi connectivity index (χ4n) is 2.07. The van der Waals surface area contributed by atoms with Crippen molar-refractivity contribution >= 4 is 43.5 Å². The molecule has 1 heterocycles. The number of carbonyl (C=O) groups is 1. The second-order valence-corrected chi connectivity index (χ2v) is 5.77. The van der Waals surface area contributed by atoms with Gasteiger partial charge in [0.1, 0.15) is 5.75 Å². The highest BCUT2D eigenvalue weighted by Gasteiger charge is 2.32. The van der Waals surface area contributed by atoms with Gasteiger partial charge in [0.25, 0.3) is 0 Å². The van der Waals surface area contributed by atoms with Crippen molar-refractivity contribution in [1.29, 1.82) is 0 Å². The lowest BCUT2D eigenvalue weighted by Gasteiger charge is -2.19. The third kappa shape index (κ3) is 2.41. The number of anilines is 1.